The van der Waals surface area contributed by atoms with Crippen LogP contribution in [0.5, 0.6) is 0 Å². The maximum atomic E-state index is 4.22. The Balaban J connectivity index is 1.09. The minimum Gasteiger partial charge on any atom is -0.306 e. The van der Waals surface area contributed by atoms with Gasteiger partial charge in [0.05, 0.1) is 92.4 Å². The Morgan fingerprint density at radius 2 is 0.429 bits per heavy atom. The van der Waals surface area contributed by atoms with E-state index in [2.05, 4.69) is 142 Å². The standard InChI is InChI=1S/C33H66N16/c1-10-11(2)35-19-18(34-10)26-42-27(19)44-29-21-23(39-15(6)13(4)37-21)31(46-29)48-33-25-24(40-16(7)17(8)41-25)32(49(33)9)47-30-22-20(28(43-26)45-30)36-12(3)14(5)38-22/h10-48H,1-9H3/p+1. The number of piperazine rings is 4. The molecule has 0 aliphatic carbocycles. The Morgan fingerprint density at radius 3 is 0.653 bits per heavy atom. The predicted molar refractivity (Wildman–Crippen MR) is 190 cm³/mol. The zero-order chi connectivity index (χ0) is 34.0. The summed E-state index contributed by atoms with van der Waals surface area (Å²) in [5.41, 5.74) is 0. The van der Waals surface area contributed by atoms with Crippen LogP contribution in [0, 0.1) is 0 Å². The molecule has 16 nitrogen and oxygen atoms in total. The van der Waals surface area contributed by atoms with E-state index in [0.717, 1.165) is 0 Å². The molecule has 8 bridgehead atoms. The highest BCUT2D eigenvalue weighted by molar-refractivity contribution is 5.18. The molecule has 0 saturated carbocycles. The van der Waals surface area contributed by atoms with Crippen molar-refractivity contribution in [2.75, 3.05) is 7.05 Å². The van der Waals surface area contributed by atoms with Crippen molar-refractivity contribution in [2.45, 2.75) is 201 Å². The van der Waals surface area contributed by atoms with Crippen LogP contribution in [0.3, 0.4) is 0 Å². The molecule has 278 valence electrons. The topological polar surface area (TPSA) is 185 Å². The van der Waals surface area contributed by atoms with Gasteiger partial charge >= 0.3 is 0 Å². The van der Waals surface area contributed by atoms with Crippen LogP contribution in [0.2, 0.25) is 0 Å². The Morgan fingerprint density at radius 1 is 0.245 bits per heavy atom. The number of rotatable bonds is 0. The van der Waals surface area contributed by atoms with Gasteiger partial charge in [-0.1, -0.05) is 0 Å². The Labute approximate surface area is 292 Å². The fraction of sp³-hybridized carbons (Fsp3) is 1.00. The molecule has 16 heteroatoms. The highest BCUT2D eigenvalue weighted by atomic mass is 15.5. The summed E-state index contributed by atoms with van der Waals surface area (Å²) in [5.74, 6) is 0. The molecule has 24 unspecified atom stereocenters. The van der Waals surface area contributed by atoms with E-state index >= 15 is 0 Å². The monoisotopic (exact) mass is 688 g/mol. The van der Waals surface area contributed by atoms with Gasteiger partial charge in [0.2, 0.25) is 0 Å². The summed E-state index contributed by atoms with van der Waals surface area (Å²) in [6.45, 7) is 18.5. The molecule has 9 fully saturated rings. The molecule has 9 aliphatic rings. The lowest BCUT2D eigenvalue weighted by Gasteiger charge is -2.43. The summed E-state index contributed by atoms with van der Waals surface area (Å²) in [4.78, 5) is 1.47. The largest absolute Gasteiger partial charge is 0.306 e. The van der Waals surface area contributed by atoms with Gasteiger partial charge in [-0.05, 0) is 55.4 Å². The molecule has 9 rings (SSSR count). The molecule has 24 atom stereocenters. The van der Waals surface area contributed by atoms with Crippen LogP contribution < -0.4 is 84.7 Å². The summed E-state index contributed by atoms with van der Waals surface area (Å²) in [7, 11) is 2.38. The van der Waals surface area contributed by atoms with Gasteiger partial charge in [-0.2, -0.15) is 0 Å². The maximum Gasteiger partial charge on any atom is 0.161 e. The summed E-state index contributed by atoms with van der Waals surface area (Å²) in [6, 6.07) is 4.85. The molecular weight excluding hydrogens is 620 g/mol. The first-order chi connectivity index (χ1) is 23.4. The first-order valence-corrected chi connectivity index (χ1v) is 19.7. The van der Waals surface area contributed by atoms with E-state index in [4.69, 9.17) is 0 Å². The fourth-order valence-corrected chi connectivity index (χ4v) is 11.0. The smallest absolute Gasteiger partial charge is 0.161 e. The minimum atomic E-state index is 0.0637. The van der Waals surface area contributed by atoms with Gasteiger partial charge in [-0.3, -0.25) is 26.6 Å². The van der Waals surface area contributed by atoms with E-state index in [9.17, 15) is 0 Å². The normalized spacial score (nSPS) is 63.0. The third kappa shape index (κ3) is 5.65. The molecule has 0 amide bonds. The molecule has 16 N–H and O–H groups in total. The first kappa shape index (κ1) is 34.1. The molecule has 49 heavy (non-hydrogen) atoms. The number of hydrogen-bond acceptors (Lipinski definition) is 15. The Bertz CT molecular complexity index is 1130. The summed E-state index contributed by atoms with van der Waals surface area (Å²) in [5, 5.41) is 61.2. The van der Waals surface area contributed by atoms with Gasteiger partial charge in [0.15, 0.2) is 12.3 Å². The third-order valence-electron chi connectivity index (χ3n) is 14.6. The van der Waals surface area contributed by atoms with Crippen molar-refractivity contribution >= 4 is 0 Å². The lowest BCUT2D eigenvalue weighted by Crippen LogP contribution is -3.19. The average Bonchev–Trinajstić information content (AvgIpc) is 3.73. The van der Waals surface area contributed by atoms with Gasteiger partial charge in [0.1, 0.15) is 0 Å². The third-order valence-corrected chi connectivity index (χ3v) is 14.6. The Kier molecular flexibility index (Phi) is 8.88. The molecular formula is C33H67N16+. The average molecular weight is 688 g/mol. The molecule has 0 aromatic carbocycles. The van der Waals surface area contributed by atoms with Crippen LogP contribution in [-0.4, -0.2) is 153 Å². The SMILES string of the molecule is CC1NC2C3NC(NC4NC(NC5C6NC(C)C(C)NC6C(NC6NC(N3)C3NC(C)C(C)NC63)[NH+]5C)C3NC(C)C(C)NC43)C2NC1C. The summed E-state index contributed by atoms with van der Waals surface area (Å²) < 4.78 is 0. The van der Waals surface area contributed by atoms with E-state index < -0.39 is 0 Å². The first-order valence-electron chi connectivity index (χ1n) is 19.7. The van der Waals surface area contributed by atoms with E-state index in [1.54, 1.807) is 0 Å². The maximum absolute atomic E-state index is 4.22. The fourth-order valence-electron chi connectivity index (χ4n) is 11.0. The molecule has 0 aromatic heterocycles. The number of fused-ring (bicyclic) bond motifs is 20. The zero-order valence-corrected chi connectivity index (χ0v) is 30.9. The Hall–Kier alpha value is -0.640. The molecule has 9 saturated heterocycles. The van der Waals surface area contributed by atoms with Crippen LogP contribution in [0.25, 0.3) is 0 Å². The van der Waals surface area contributed by atoms with Gasteiger partial charge in [-0.25, -0.2) is 10.6 Å². The van der Waals surface area contributed by atoms with Crippen molar-refractivity contribution in [3.63, 3.8) is 0 Å². The van der Waals surface area contributed by atoms with E-state index in [1.165, 1.54) is 4.90 Å². The predicted octanol–water partition coefficient (Wildman–Crippen LogP) is -6.87. The van der Waals surface area contributed by atoms with Crippen molar-refractivity contribution in [1.82, 2.24) is 79.8 Å². The van der Waals surface area contributed by atoms with Crippen molar-refractivity contribution in [3.8, 4) is 0 Å². The van der Waals surface area contributed by atoms with Crippen LogP contribution >= 0.6 is 0 Å². The van der Waals surface area contributed by atoms with Crippen LogP contribution in [-0.2, 0) is 0 Å². The van der Waals surface area contributed by atoms with Crippen molar-refractivity contribution in [1.29, 1.82) is 0 Å². The molecule has 0 radical (unpaired) electrons. The summed E-state index contributed by atoms with van der Waals surface area (Å²) >= 11 is 0. The summed E-state index contributed by atoms with van der Waals surface area (Å²) in [6.07, 6.45) is 0.819. The van der Waals surface area contributed by atoms with Crippen LogP contribution in [0.15, 0.2) is 0 Å². The lowest BCUT2D eigenvalue weighted by molar-refractivity contribution is -0.924. The second-order valence-electron chi connectivity index (χ2n) is 17.6. The lowest BCUT2D eigenvalue weighted by atomic mass is 9.95. The number of hydrogen-bond donors (Lipinski definition) is 16. The minimum absolute atomic E-state index is 0.0637. The van der Waals surface area contributed by atoms with E-state index in [1.807, 2.05) is 0 Å². The van der Waals surface area contributed by atoms with Gasteiger partial charge in [0, 0.05) is 48.3 Å². The van der Waals surface area contributed by atoms with Crippen molar-refractivity contribution < 1.29 is 4.90 Å². The van der Waals surface area contributed by atoms with Crippen LogP contribution in [0.4, 0.5) is 0 Å². The number of quaternary nitrogens is 1. The molecule has 9 aliphatic heterocycles. The highest BCUT2D eigenvalue weighted by Crippen LogP contribution is 2.27. The van der Waals surface area contributed by atoms with Gasteiger partial charge in [0.25, 0.3) is 0 Å². The second kappa shape index (κ2) is 12.7. The highest BCUT2D eigenvalue weighted by Gasteiger charge is 2.60. The van der Waals surface area contributed by atoms with E-state index in [0.29, 0.717) is 48.3 Å². The molecule has 0 spiro atoms. The number of nitrogens with one attached hydrogen (secondary N) is 16. The van der Waals surface area contributed by atoms with Crippen molar-refractivity contribution in [2.24, 2.45) is 0 Å². The van der Waals surface area contributed by atoms with Gasteiger partial charge < -0.3 is 47.4 Å². The quantitative estimate of drug-likeness (QED) is 0.115. The van der Waals surface area contributed by atoms with Crippen LogP contribution in [0.1, 0.15) is 55.4 Å². The molecule has 0 aromatic rings. The molecule has 9 heterocycles. The second-order valence-corrected chi connectivity index (χ2v) is 17.6. The van der Waals surface area contributed by atoms with Crippen molar-refractivity contribution in [3.05, 3.63) is 0 Å². The zero-order valence-electron chi connectivity index (χ0n) is 30.9. The van der Waals surface area contributed by atoms with E-state index in [-0.39, 0.29) is 97.7 Å². The number of likely N-dealkylation sites (N-methyl/N-ethyl adjacent to an activating group) is 1. The van der Waals surface area contributed by atoms with Gasteiger partial charge in [-0.15, -0.1) is 0 Å².